The molecule has 7 nitrogen and oxygen atoms in total. The first-order valence-electron chi connectivity index (χ1n) is 9.47. The molecule has 3 rings (SSSR count). The van der Waals surface area contributed by atoms with Gasteiger partial charge in [0.05, 0.1) is 12.5 Å². The van der Waals surface area contributed by atoms with Crippen LogP contribution in [0, 0.1) is 0 Å². The van der Waals surface area contributed by atoms with Crippen molar-refractivity contribution in [1.82, 2.24) is 25.6 Å². The lowest BCUT2D eigenvalue weighted by molar-refractivity contribution is 0.506. The van der Waals surface area contributed by atoms with E-state index in [1.807, 2.05) is 40.8 Å². The number of benzene rings is 1. The first-order valence-corrected chi connectivity index (χ1v) is 10.5. The molecule has 0 unspecified atom stereocenters. The van der Waals surface area contributed by atoms with Crippen molar-refractivity contribution in [3.8, 4) is 0 Å². The predicted octanol–water partition coefficient (Wildman–Crippen LogP) is 2.83. The highest BCUT2D eigenvalue weighted by molar-refractivity contribution is 7.99. The molecule has 0 saturated carbocycles. The molecule has 0 aliphatic carbocycles. The second-order valence-electron chi connectivity index (χ2n) is 6.09. The Morgan fingerprint density at radius 2 is 2.00 bits per heavy atom. The molecule has 0 aliphatic rings. The highest BCUT2D eigenvalue weighted by Gasteiger charge is 2.01. The number of guanidine groups is 1. The van der Waals surface area contributed by atoms with Gasteiger partial charge in [-0.2, -0.15) is 0 Å². The summed E-state index contributed by atoms with van der Waals surface area (Å²) in [6.45, 7) is 3.15. The summed E-state index contributed by atoms with van der Waals surface area (Å²) < 4.78 is 7.21. The number of rotatable bonds is 11. The number of aromatic nitrogens is 3. The van der Waals surface area contributed by atoms with Crippen LogP contribution in [0.2, 0.25) is 0 Å². The molecular weight excluding hydrogens is 372 g/mol. The van der Waals surface area contributed by atoms with Crippen LogP contribution in [-0.2, 0) is 13.0 Å². The van der Waals surface area contributed by atoms with Gasteiger partial charge < -0.3 is 15.1 Å². The Labute approximate surface area is 169 Å². The second kappa shape index (κ2) is 11.9. The zero-order chi connectivity index (χ0) is 19.3. The summed E-state index contributed by atoms with van der Waals surface area (Å²) in [4.78, 5) is 5.96. The fraction of sp³-hybridized carbons (Fsp3) is 0.350. The molecule has 28 heavy (non-hydrogen) atoms. The smallest absolute Gasteiger partial charge is 0.191 e. The number of thioether (sulfide) groups is 1. The van der Waals surface area contributed by atoms with Crippen LogP contribution in [0.25, 0.3) is 0 Å². The molecule has 0 radical (unpaired) electrons. The Morgan fingerprint density at radius 1 is 1.11 bits per heavy atom. The summed E-state index contributed by atoms with van der Waals surface area (Å²) >= 11 is 1.83. The van der Waals surface area contributed by atoms with Crippen LogP contribution < -0.4 is 10.6 Å². The Morgan fingerprint density at radius 3 is 2.79 bits per heavy atom. The topological polar surface area (TPSA) is 80.3 Å². The molecule has 148 valence electrons. The monoisotopic (exact) mass is 398 g/mol. The summed E-state index contributed by atoms with van der Waals surface area (Å²) in [5, 5.41) is 14.6. The molecule has 0 aliphatic heterocycles. The van der Waals surface area contributed by atoms with Crippen molar-refractivity contribution >= 4 is 17.7 Å². The van der Waals surface area contributed by atoms with Crippen LogP contribution in [0.4, 0.5) is 0 Å². The van der Waals surface area contributed by atoms with E-state index >= 15 is 0 Å². The highest BCUT2D eigenvalue weighted by Crippen LogP contribution is 2.15. The number of aliphatic imine (C=N–C) groups is 1. The van der Waals surface area contributed by atoms with Gasteiger partial charge in [-0.25, -0.2) is 0 Å². The van der Waals surface area contributed by atoms with Gasteiger partial charge >= 0.3 is 0 Å². The van der Waals surface area contributed by atoms with Crippen molar-refractivity contribution in [2.45, 2.75) is 24.3 Å². The van der Waals surface area contributed by atoms with Crippen LogP contribution in [0.15, 0.2) is 75.4 Å². The van der Waals surface area contributed by atoms with E-state index in [1.54, 1.807) is 12.5 Å². The van der Waals surface area contributed by atoms with Crippen molar-refractivity contribution in [1.29, 1.82) is 0 Å². The number of aryl methyl sites for hydroxylation is 1. The average Bonchev–Trinajstić information content (AvgIpc) is 3.43. The molecule has 0 saturated heterocycles. The van der Waals surface area contributed by atoms with E-state index in [0.29, 0.717) is 0 Å². The Kier molecular flexibility index (Phi) is 8.48. The maximum Gasteiger partial charge on any atom is 0.191 e. The first kappa shape index (κ1) is 20.0. The number of hydrogen-bond donors (Lipinski definition) is 2. The highest BCUT2D eigenvalue weighted by atomic mass is 32.2. The zero-order valence-corrected chi connectivity index (χ0v) is 16.6. The molecular formula is C20H26N6OS. The maximum atomic E-state index is 5.38. The summed E-state index contributed by atoms with van der Waals surface area (Å²) in [7, 11) is 0. The van der Waals surface area contributed by atoms with Crippen LogP contribution in [-0.4, -0.2) is 46.3 Å². The maximum absolute atomic E-state index is 5.38. The largest absolute Gasteiger partial charge is 0.469 e. The summed E-state index contributed by atoms with van der Waals surface area (Å²) in [5.74, 6) is 2.78. The second-order valence-corrected chi connectivity index (χ2v) is 7.26. The Hall–Kier alpha value is -2.74. The van der Waals surface area contributed by atoms with Crippen molar-refractivity contribution in [2.24, 2.45) is 4.99 Å². The van der Waals surface area contributed by atoms with Gasteiger partial charge in [0.2, 0.25) is 0 Å². The average molecular weight is 399 g/mol. The molecule has 0 amide bonds. The van der Waals surface area contributed by atoms with Gasteiger partial charge in [-0.1, -0.05) is 23.4 Å². The third-order valence-electron chi connectivity index (χ3n) is 3.94. The van der Waals surface area contributed by atoms with Crippen LogP contribution in [0.3, 0.4) is 0 Å². The van der Waals surface area contributed by atoms with Gasteiger partial charge in [0, 0.05) is 49.4 Å². The van der Waals surface area contributed by atoms with Crippen LogP contribution in [0.5, 0.6) is 0 Å². The summed E-state index contributed by atoms with van der Waals surface area (Å²) in [6, 6.07) is 14.3. The minimum atomic E-state index is 0.724. The van der Waals surface area contributed by atoms with E-state index in [0.717, 1.165) is 56.5 Å². The minimum absolute atomic E-state index is 0.724. The van der Waals surface area contributed by atoms with E-state index in [2.05, 4.69) is 50.2 Å². The molecule has 0 bridgehead atoms. The molecule has 2 aromatic heterocycles. The van der Waals surface area contributed by atoms with Gasteiger partial charge in [-0.3, -0.25) is 9.67 Å². The number of furan rings is 1. The molecule has 2 N–H and O–H groups in total. The lowest BCUT2D eigenvalue weighted by Gasteiger charge is -2.12. The molecule has 3 aromatic rings. The quantitative estimate of drug-likeness (QED) is 0.224. The van der Waals surface area contributed by atoms with E-state index in [4.69, 9.17) is 4.42 Å². The van der Waals surface area contributed by atoms with Crippen molar-refractivity contribution in [2.75, 3.05) is 25.4 Å². The number of hydrogen-bond acceptors (Lipinski definition) is 5. The van der Waals surface area contributed by atoms with Crippen molar-refractivity contribution < 1.29 is 4.42 Å². The third-order valence-corrected chi connectivity index (χ3v) is 4.95. The molecule has 2 heterocycles. The predicted molar refractivity (Wildman–Crippen MR) is 113 cm³/mol. The first-order chi connectivity index (χ1) is 13.9. The molecule has 0 spiro atoms. The fourth-order valence-electron chi connectivity index (χ4n) is 2.56. The van der Waals surface area contributed by atoms with E-state index in [1.165, 1.54) is 4.90 Å². The van der Waals surface area contributed by atoms with Crippen LogP contribution >= 0.6 is 11.8 Å². The number of nitrogens with one attached hydrogen (secondary N) is 2. The van der Waals surface area contributed by atoms with Crippen LogP contribution in [0.1, 0.15) is 12.2 Å². The van der Waals surface area contributed by atoms with Gasteiger partial charge in [0.15, 0.2) is 5.96 Å². The van der Waals surface area contributed by atoms with E-state index < -0.39 is 0 Å². The third kappa shape index (κ3) is 7.48. The summed E-state index contributed by atoms with van der Waals surface area (Å²) in [5.41, 5.74) is 0. The number of nitrogens with zero attached hydrogens (tertiary/aromatic N) is 4. The minimum Gasteiger partial charge on any atom is -0.469 e. The standard InChI is InChI=1S/C20H26N6OS/c1-2-7-19(8-3-1)28-17-13-23-20(22-11-9-18-6-4-16-27-18)21-10-5-14-26-15-12-24-25-26/h1-4,6-8,12,15-16H,5,9-11,13-14,17H2,(H2,21,22,23). The fourth-order valence-corrected chi connectivity index (χ4v) is 3.35. The van der Waals surface area contributed by atoms with Gasteiger partial charge in [-0.15, -0.1) is 16.9 Å². The molecule has 0 fully saturated rings. The lowest BCUT2D eigenvalue weighted by Crippen LogP contribution is -2.39. The van der Waals surface area contributed by atoms with Gasteiger partial charge in [0.25, 0.3) is 0 Å². The van der Waals surface area contributed by atoms with Gasteiger partial charge in [-0.05, 0) is 30.7 Å². The molecule has 0 atom stereocenters. The van der Waals surface area contributed by atoms with Crippen molar-refractivity contribution in [3.63, 3.8) is 0 Å². The van der Waals surface area contributed by atoms with Gasteiger partial charge in [0.1, 0.15) is 5.76 Å². The molecule has 1 aromatic carbocycles. The SMILES string of the molecule is c1ccc(SCCNC(=NCCCn2ccnn2)NCCc2ccco2)cc1. The zero-order valence-electron chi connectivity index (χ0n) is 15.8. The summed E-state index contributed by atoms with van der Waals surface area (Å²) in [6.07, 6.45) is 6.99. The Bertz CT molecular complexity index is 789. The molecule has 8 heteroatoms. The van der Waals surface area contributed by atoms with E-state index in [9.17, 15) is 0 Å². The van der Waals surface area contributed by atoms with Crippen molar-refractivity contribution in [3.05, 3.63) is 66.9 Å². The lowest BCUT2D eigenvalue weighted by atomic mass is 10.3. The normalized spacial score (nSPS) is 11.5. The Balaban J connectivity index is 1.41. The van der Waals surface area contributed by atoms with E-state index in [-0.39, 0.29) is 0 Å².